The molecule has 68 valence electrons. The van der Waals surface area contributed by atoms with Crippen molar-refractivity contribution < 1.29 is 36.6 Å². The van der Waals surface area contributed by atoms with Gasteiger partial charge in [0, 0.05) is 0 Å². The van der Waals surface area contributed by atoms with Crippen LogP contribution in [0.2, 0.25) is 0 Å². The van der Waals surface area contributed by atoms with Crippen molar-refractivity contribution in [3.8, 4) is 0 Å². The van der Waals surface area contributed by atoms with Crippen molar-refractivity contribution in [2.24, 2.45) is 0 Å². The fraction of sp³-hybridized carbons (Fsp3) is 0.667. The van der Waals surface area contributed by atoms with Crippen molar-refractivity contribution in [2.45, 2.75) is 12.4 Å². The lowest BCUT2D eigenvalue weighted by atomic mass is 10.4. The first-order valence-electron chi connectivity index (χ1n) is 1.84. The monoisotopic (exact) mass is 184 g/mol. The smallest absolute Gasteiger partial charge is 0.412 e. The number of alkyl halides is 6. The summed E-state index contributed by atoms with van der Waals surface area (Å²) in [6.07, 6.45) is -11.6. The summed E-state index contributed by atoms with van der Waals surface area (Å²) in [5.41, 5.74) is 0. The number of carbonyl (C=O) groups is 1. The van der Waals surface area contributed by atoms with Gasteiger partial charge in [-0.25, -0.2) is 0 Å². The standard InChI is InChI=1S/C3F6O.H2O/c4-2(5,6)1(10)3(7,8)9;/h;1H2. The quantitative estimate of drug-likeness (QED) is 0.515. The van der Waals surface area contributed by atoms with Crippen LogP contribution in [-0.4, -0.2) is 23.6 Å². The number of hydrogen-bond donors (Lipinski definition) is 0. The van der Waals surface area contributed by atoms with Crippen LogP contribution in [0.25, 0.3) is 0 Å². The number of halogens is 6. The summed E-state index contributed by atoms with van der Waals surface area (Å²) in [7, 11) is 0. The van der Waals surface area contributed by atoms with Crippen molar-refractivity contribution in [3.05, 3.63) is 0 Å². The average molecular weight is 184 g/mol. The fourth-order valence-corrected chi connectivity index (χ4v) is 0.161. The van der Waals surface area contributed by atoms with Gasteiger partial charge in [0.15, 0.2) is 0 Å². The van der Waals surface area contributed by atoms with E-state index in [1.54, 1.807) is 0 Å². The van der Waals surface area contributed by atoms with Crippen LogP contribution in [0.3, 0.4) is 0 Å². The topological polar surface area (TPSA) is 48.6 Å². The van der Waals surface area contributed by atoms with E-state index in [1.807, 2.05) is 0 Å². The van der Waals surface area contributed by atoms with E-state index in [9.17, 15) is 31.1 Å². The molecule has 11 heavy (non-hydrogen) atoms. The van der Waals surface area contributed by atoms with Gasteiger partial charge in [0.1, 0.15) is 0 Å². The van der Waals surface area contributed by atoms with Gasteiger partial charge in [-0.05, 0) is 0 Å². The van der Waals surface area contributed by atoms with Crippen LogP contribution < -0.4 is 0 Å². The molecule has 2 nitrogen and oxygen atoms in total. The number of carbonyl (C=O) groups excluding carboxylic acids is 1. The van der Waals surface area contributed by atoms with Gasteiger partial charge in [0.25, 0.3) is 0 Å². The van der Waals surface area contributed by atoms with Crippen molar-refractivity contribution in [1.82, 2.24) is 0 Å². The molecule has 0 aromatic carbocycles. The molecule has 0 aromatic rings. The second kappa shape index (κ2) is 3.07. The fourth-order valence-electron chi connectivity index (χ4n) is 0.161. The van der Waals surface area contributed by atoms with E-state index in [1.165, 1.54) is 0 Å². The first-order chi connectivity index (χ1) is 4.15. The second-order valence-corrected chi connectivity index (χ2v) is 1.32. The molecule has 0 bridgehead atoms. The molecule has 0 atom stereocenters. The Hall–Kier alpha value is -0.790. The summed E-state index contributed by atoms with van der Waals surface area (Å²) in [4.78, 5) is 9.24. The summed E-state index contributed by atoms with van der Waals surface area (Å²) >= 11 is 0. The van der Waals surface area contributed by atoms with Crippen LogP contribution in [0.5, 0.6) is 0 Å². The Labute approximate surface area is 56.1 Å². The third-order valence-electron chi connectivity index (χ3n) is 0.515. The maximum atomic E-state index is 10.9. The minimum absolute atomic E-state index is 0. The van der Waals surface area contributed by atoms with E-state index >= 15 is 0 Å². The Bertz CT molecular complexity index is 127. The van der Waals surface area contributed by atoms with E-state index in [-0.39, 0.29) is 5.48 Å². The van der Waals surface area contributed by atoms with Gasteiger partial charge in [-0.15, -0.1) is 0 Å². The van der Waals surface area contributed by atoms with Crippen LogP contribution in [0.4, 0.5) is 26.3 Å². The molecule has 0 aliphatic rings. The van der Waals surface area contributed by atoms with Gasteiger partial charge in [-0.1, -0.05) is 0 Å². The van der Waals surface area contributed by atoms with Crippen molar-refractivity contribution in [3.63, 3.8) is 0 Å². The van der Waals surface area contributed by atoms with Gasteiger partial charge < -0.3 is 5.48 Å². The molecule has 8 heteroatoms. The lowest BCUT2D eigenvalue weighted by molar-refractivity contribution is -0.217. The largest absolute Gasteiger partial charge is 0.459 e. The van der Waals surface area contributed by atoms with Crippen LogP contribution in [0.1, 0.15) is 0 Å². The van der Waals surface area contributed by atoms with Gasteiger partial charge in [0.05, 0.1) is 0 Å². The van der Waals surface area contributed by atoms with Gasteiger partial charge in [-0.3, -0.25) is 4.79 Å². The highest BCUT2D eigenvalue weighted by molar-refractivity contribution is 5.89. The predicted octanol–water partition coefficient (Wildman–Crippen LogP) is 0.855. The third-order valence-corrected chi connectivity index (χ3v) is 0.515. The Kier molecular flexibility index (Phi) is 3.59. The minimum Gasteiger partial charge on any atom is -0.412 e. The molecule has 0 saturated carbocycles. The average Bonchev–Trinajstić information content (AvgIpc) is 1.59. The van der Waals surface area contributed by atoms with Crippen LogP contribution in [-0.2, 0) is 4.79 Å². The molecule has 0 aromatic heterocycles. The molecular weight excluding hydrogens is 182 g/mol. The summed E-state index contributed by atoms with van der Waals surface area (Å²) in [5.74, 6) is -3.68. The molecule has 0 spiro atoms. The SMILES string of the molecule is O.O=C(C(F)(F)F)C(F)(F)F. The van der Waals surface area contributed by atoms with E-state index in [4.69, 9.17) is 0 Å². The number of rotatable bonds is 0. The van der Waals surface area contributed by atoms with E-state index in [0.717, 1.165) is 0 Å². The van der Waals surface area contributed by atoms with Gasteiger partial charge in [0.2, 0.25) is 0 Å². The molecule has 0 aliphatic heterocycles. The lowest BCUT2D eigenvalue weighted by Gasteiger charge is -2.06. The minimum atomic E-state index is -5.82. The highest BCUT2D eigenvalue weighted by atomic mass is 19.4. The first-order valence-corrected chi connectivity index (χ1v) is 1.84. The summed E-state index contributed by atoms with van der Waals surface area (Å²) in [6, 6.07) is 0. The summed E-state index contributed by atoms with van der Waals surface area (Å²) in [6.45, 7) is 0. The highest BCUT2D eigenvalue weighted by Crippen LogP contribution is 2.28. The third kappa shape index (κ3) is 3.81. The Morgan fingerprint density at radius 2 is 1.00 bits per heavy atom. The number of Topliss-reactive ketones (excluding diaryl/α,β-unsaturated/α-hetero) is 1. The molecule has 2 N–H and O–H groups in total. The number of ketones is 1. The van der Waals surface area contributed by atoms with E-state index in [0.29, 0.717) is 0 Å². The number of hydrogen-bond acceptors (Lipinski definition) is 1. The van der Waals surface area contributed by atoms with Crippen molar-refractivity contribution in [1.29, 1.82) is 0 Å². The molecular formula is C3H2F6O2. The summed E-state index contributed by atoms with van der Waals surface area (Å²) in [5, 5.41) is 0. The molecule has 0 aliphatic carbocycles. The van der Waals surface area contributed by atoms with E-state index < -0.39 is 18.1 Å². The Morgan fingerprint density at radius 1 is 0.818 bits per heavy atom. The normalized spacial score (nSPS) is 12.2. The van der Waals surface area contributed by atoms with Crippen molar-refractivity contribution in [2.75, 3.05) is 0 Å². The van der Waals surface area contributed by atoms with Crippen LogP contribution in [0, 0.1) is 0 Å². The van der Waals surface area contributed by atoms with Gasteiger partial charge >= 0.3 is 18.1 Å². The zero-order valence-corrected chi connectivity index (χ0v) is 4.68. The van der Waals surface area contributed by atoms with Gasteiger partial charge in [-0.2, -0.15) is 26.3 Å². The molecule has 0 unspecified atom stereocenters. The Morgan fingerprint density at radius 3 is 1.00 bits per heavy atom. The maximum Gasteiger partial charge on any atom is 0.459 e. The van der Waals surface area contributed by atoms with Crippen molar-refractivity contribution >= 4 is 5.78 Å². The molecule has 0 saturated heterocycles. The van der Waals surface area contributed by atoms with E-state index in [2.05, 4.69) is 0 Å². The second-order valence-electron chi connectivity index (χ2n) is 1.32. The predicted molar refractivity (Wildman–Crippen MR) is 20.7 cm³/mol. The van der Waals surface area contributed by atoms with Crippen LogP contribution in [0.15, 0.2) is 0 Å². The molecule has 0 fully saturated rings. The molecule has 0 heterocycles. The highest BCUT2D eigenvalue weighted by Gasteiger charge is 2.55. The zero-order chi connectivity index (χ0) is 8.58. The lowest BCUT2D eigenvalue weighted by Crippen LogP contribution is -2.36. The first kappa shape index (κ1) is 12.8. The Balaban J connectivity index is 0. The summed E-state index contributed by atoms with van der Waals surface area (Å²) < 4.78 is 65.3. The zero-order valence-electron chi connectivity index (χ0n) is 4.68. The molecule has 0 rings (SSSR count). The molecule has 0 amide bonds. The van der Waals surface area contributed by atoms with Crippen LogP contribution >= 0.6 is 0 Å². The molecule has 0 radical (unpaired) electrons. The maximum absolute atomic E-state index is 10.9.